The lowest BCUT2D eigenvalue weighted by Gasteiger charge is -2.17. The number of hydrogen-bond donors (Lipinski definition) is 0. The molecule has 1 unspecified atom stereocenters. The topological polar surface area (TPSA) is 74.3 Å². The van der Waals surface area contributed by atoms with Crippen LogP contribution >= 0.6 is 23.1 Å². The molecule has 0 bridgehead atoms. The summed E-state index contributed by atoms with van der Waals surface area (Å²) in [6.45, 7) is 6.48. The molecule has 0 aliphatic heterocycles. The number of aromatic nitrogens is 2. The maximum absolute atomic E-state index is 13.5. The van der Waals surface area contributed by atoms with Gasteiger partial charge in [0.25, 0.3) is 5.56 Å². The molecule has 0 saturated carbocycles. The number of allylic oxidation sites excluding steroid dienone is 1. The highest BCUT2D eigenvalue weighted by molar-refractivity contribution is 7.98. The SMILES string of the molecule is C=CCn1c(SCc2cc(=O)oc3cc(OC)ccc23)nc2sc3c(c2c1=O)CCC(C)C3. The number of ether oxygens (including phenoxy) is 1. The van der Waals surface area contributed by atoms with Gasteiger partial charge in [-0.05, 0) is 48.4 Å². The normalized spacial score (nSPS) is 15.6. The van der Waals surface area contributed by atoms with Gasteiger partial charge in [0, 0.05) is 34.7 Å². The van der Waals surface area contributed by atoms with E-state index in [9.17, 15) is 9.59 Å². The summed E-state index contributed by atoms with van der Waals surface area (Å²) in [5.41, 5.74) is 2.06. The lowest BCUT2D eigenvalue weighted by molar-refractivity contribution is 0.414. The Morgan fingerprint density at radius 2 is 2.21 bits per heavy atom. The van der Waals surface area contributed by atoms with Gasteiger partial charge in [-0.15, -0.1) is 17.9 Å². The molecule has 0 saturated heterocycles. The lowest BCUT2D eigenvalue weighted by Crippen LogP contribution is -2.23. The van der Waals surface area contributed by atoms with Crippen molar-refractivity contribution in [3.05, 3.63) is 73.7 Å². The first-order valence-electron chi connectivity index (χ1n) is 10.9. The summed E-state index contributed by atoms with van der Waals surface area (Å²) >= 11 is 3.09. The predicted molar refractivity (Wildman–Crippen MR) is 134 cm³/mol. The van der Waals surface area contributed by atoms with Gasteiger partial charge in [-0.1, -0.05) is 24.8 Å². The molecule has 3 aromatic heterocycles. The minimum atomic E-state index is -0.418. The van der Waals surface area contributed by atoms with Crippen molar-refractivity contribution >= 4 is 44.3 Å². The van der Waals surface area contributed by atoms with Crippen molar-refractivity contribution in [1.82, 2.24) is 9.55 Å². The molecule has 0 radical (unpaired) electrons. The van der Waals surface area contributed by atoms with Crippen LogP contribution in [0, 0.1) is 5.92 Å². The van der Waals surface area contributed by atoms with Crippen LogP contribution in [0.2, 0.25) is 0 Å². The molecule has 0 fully saturated rings. The van der Waals surface area contributed by atoms with Crippen molar-refractivity contribution in [3.63, 3.8) is 0 Å². The summed E-state index contributed by atoms with van der Waals surface area (Å²) < 4.78 is 12.3. The largest absolute Gasteiger partial charge is 0.497 e. The second-order valence-corrected chi connectivity index (χ2v) is 10.4. The van der Waals surface area contributed by atoms with Crippen LogP contribution in [-0.2, 0) is 25.1 Å². The molecular weight excluding hydrogens is 456 g/mol. The van der Waals surface area contributed by atoms with Crippen LogP contribution in [0.25, 0.3) is 21.2 Å². The van der Waals surface area contributed by atoms with Gasteiger partial charge in [0.2, 0.25) is 0 Å². The van der Waals surface area contributed by atoms with Crippen molar-refractivity contribution in [3.8, 4) is 5.75 Å². The van der Waals surface area contributed by atoms with E-state index in [1.54, 1.807) is 35.2 Å². The number of benzene rings is 1. The highest BCUT2D eigenvalue weighted by Crippen LogP contribution is 2.37. The fraction of sp³-hybridized carbons (Fsp3) is 0.320. The summed E-state index contributed by atoms with van der Waals surface area (Å²) in [6.07, 6.45) is 4.77. The third-order valence-corrected chi connectivity index (χ3v) is 8.26. The summed E-state index contributed by atoms with van der Waals surface area (Å²) in [5, 5.41) is 2.24. The molecule has 8 heteroatoms. The van der Waals surface area contributed by atoms with Crippen molar-refractivity contribution in [1.29, 1.82) is 0 Å². The number of fused-ring (bicyclic) bond motifs is 4. The van der Waals surface area contributed by atoms with Crippen LogP contribution in [0.15, 0.2) is 56.1 Å². The van der Waals surface area contributed by atoms with E-state index in [1.807, 2.05) is 12.1 Å². The Balaban J connectivity index is 1.57. The molecule has 0 amide bonds. The molecule has 1 atom stereocenters. The van der Waals surface area contributed by atoms with E-state index in [0.717, 1.165) is 40.4 Å². The smallest absolute Gasteiger partial charge is 0.336 e. The van der Waals surface area contributed by atoms with Gasteiger partial charge in [-0.2, -0.15) is 0 Å². The Labute approximate surface area is 198 Å². The van der Waals surface area contributed by atoms with Crippen molar-refractivity contribution in [2.24, 2.45) is 5.92 Å². The molecule has 6 nitrogen and oxygen atoms in total. The first kappa shape index (κ1) is 22.0. The third-order valence-electron chi connectivity index (χ3n) is 6.09. The monoisotopic (exact) mass is 480 g/mol. The molecule has 4 aromatic rings. The van der Waals surface area contributed by atoms with Gasteiger partial charge < -0.3 is 9.15 Å². The number of hydrogen-bond acceptors (Lipinski definition) is 7. The van der Waals surface area contributed by atoms with Crippen LogP contribution in [0.3, 0.4) is 0 Å². The number of aryl methyl sites for hydroxylation is 1. The minimum Gasteiger partial charge on any atom is -0.497 e. The Kier molecular flexibility index (Phi) is 5.88. The fourth-order valence-electron chi connectivity index (χ4n) is 4.40. The van der Waals surface area contributed by atoms with Crippen LogP contribution < -0.4 is 15.9 Å². The van der Waals surface area contributed by atoms with Gasteiger partial charge in [-0.25, -0.2) is 9.78 Å². The molecule has 0 N–H and O–H groups in total. The third kappa shape index (κ3) is 4.02. The van der Waals surface area contributed by atoms with Crippen LogP contribution in [-0.4, -0.2) is 16.7 Å². The van der Waals surface area contributed by atoms with Crippen molar-refractivity contribution < 1.29 is 9.15 Å². The van der Waals surface area contributed by atoms with Gasteiger partial charge in [0.05, 0.1) is 12.5 Å². The van der Waals surface area contributed by atoms with Gasteiger partial charge in [0.15, 0.2) is 5.16 Å². The molecule has 170 valence electrons. The zero-order valence-electron chi connectivity index (χ0n) is 18.6. The van der Waals surface area contributed by atoms with E-state index in [-0.39, 0.29) is 5.56 Å². The molecule has 0 spiro atoms. The Hall–Kier alpha value is -2.84. The van der Waals surface area contributed by atoms with Crippen LogP contribution in [0.4, 0.5) is 0 Å². The van der Waals surface area contributed by atoms with Crippen molar-refractivity contribution in [2.75, 3.05) is 7.11 Å². The van der Waals surface area contributed by atoms with E-state index in [1.165, 1.54) is 28.3 Å². The Morgan fingerprint density at radius 3 is 3.00 bits per heavy atom. The molecule has 33 heavy (non-hydrogen) atoms. The summed E-state index contributed by atoms with van der Waals surface area (Å²) in [5.74, 6) is 1.73. The van der Waals surface area contributed by atoms with E-state index in [2.05, 4.69) is 13.5 Å². The van der Waals surface area contributed by atoms with Crippen LogP contribution in [0.1, 0.15) is 29.3 Å². The molecule has 1 aliphatic rings. The van der Waals surface area contributed by atoms with Gasteiger partial charge in [0.1, 0.15) is 16.2 Å². The van der Waals surface area contributed by atoms with Crippen LogP contribution in [0.5, 0.6) is 5.75 Å². The molecule has 1 aromatic carbocycles. The second kappa shape index (κ2) is 8.83. The minimum absolute atomic E-state index is 0.00313. The first-order valence-corrected chi connectivity index (χ1v) is 12.7. The molecule has 1 aliphatic carbocycles. The number of rotatable bonds is 6. The average molecular weight is 481 g/mol. The van der Waals surface area contributed by atoms with E-state index < -0.39 is 5.63 Å². The highest BCUT2D eigenvalue weighted by atomic mass is 32.2. The fourth-order valence-corrected chi connectivity index (χ4v) is 6.83. The molecule has 3 heterocycles. The average Bonchev–Trinajstić information content (AvgIpc) is 3.16. The molecular formula is C25H24N2O4S2. The highest BCUT2D eigenvalue weighted by Gasteiger charge is 2.24. The maximum Gasteiger partial charge on any atom is 0.336 e. The van der Waals surface area contributed by atoms with E-state index in [4.69, 9.17) is 14.1 Å². The van der Waals surface area contributed by atoms with Gasteiger partial charge >= 0.3 is 5.63 Å². The van der Waals surface area contributed by atoms with E-state index in [0.29, 0.717) is 34.7 Å². The summed E-state index contributed by atoms with van der Waals surface area (Å²) in [7, 11) is 1.57. The quantitative estimate of drug-likeness (QED) is 0.164. The standard InChI is InChI=1S/C25H24N2O4S2/c1-4-9-27-24(29)22-18-7-5-14(2)10-20(18)33-23(22)26-25(27)32-13-15-11-21(28)31-19-12-16(30-3)6-8-17(15)19/h4,6,8,11-12,14H,1,5,7,9-10,13H2,2-3H3. The number of thiophene rings is 1. The molecule has 5 rings (SSSR count). The summed E-state index contributed by atoms with van der Waals surface area (Å²) in [4.78, 5) is 32.7. The second-order valence-electron chi connectivity index (χ2n) is 8.37. The number of thioether (sulfide) groups is 1. The van der Waals surface area contributed by atoms with Gasteiger partial charge in [-0.3, -0.25) is 9.36 Å². The predicted octanol–water partition coefficient (Wildman–Crippen LogP) is 5.18. The Morgan fingerprint density at radius 1 is 1.36 bits per heavy atom. The summed E-state index contributed by atoms with van der Waals surface area (Å²) in [6, 6.07) is 6.93. The first-order chi connectivity index (χ1) is 16.0. The maximum atomic E-state index is 13.5. The lowest BCUT2D eigenvalue weighted by atomic mass is 9.89. The zero-order chi connectivity index (χ0) is 23.1. The van der Waals surface area contributed by atoms with E-state index >= 15 is 0 Å². The van der Waals surface area contributed by atoms with Crippen molar-refractivity contribution in [2.45, 2.75) is 43.6 Å². The number of nitrogens with zero attached hydrogens (tertiary/aromatic N) is 2. The zero-order valence-corrected chi connectivity index (χ0v) is 20.2. The Bertz CT molecular complexity index is 1500. The number of methoxy groups -OCH3 is 1.